The van der Waals surface area contributed by atoms with Crippen LogP contribution in [0.5, 0.6) is 0 Å². The summed E-state index contributed by atoms with van der Waals surface area (Å²) < 4.78 is 0. The van der Waals surface area contributed by atoms with E-state index in [1.54, 1.807) is 0 Å². The van der Waals surface area contributed by atoms with Crippen LogP contribution in [0.1, 0.15) is 0 Å². The second-order valence-corrected chi connectivity index (χ2v) is 19.9. The van der Waals surface area contributed by atoms with Crippen LogP contribution >= 0.6 is 0 Å². The highest BCUT2D eigenvalue weighted by Crippen LogP contribution is 2.37. The molecule has 0 aromatic heterocycles. The molecule has 0 aliphatic rings. The van der Waals surface area contributed by atoms with Gasteiger partial charge in [-0.3, -0.25) is 0 Å². The molecule has 11 rings (SSSR count). The molecule has 0 aliphatic heterocycles. The fourth-order valence-electron chi connectivity index (χ4n) is 9.69. The molecule has 0 aliphatic carbocycles. The van der Waals surface area contributed by atoms with Crippen LogP contribution in [0, 0.1) is 0 Å². The lowest BCUT2D eigenvalue weighted by Gasteiger charge is -2.35. The van der Waals surface area contributed by atoms with Gasteiger partial charge >= 0.3 is 0 Å². The largest absolute Gasteiger partial charge is 0.311 e. The molecular formula is C60H43NSi. The molecule has 0 spiro atoms. The summed E-state index contributed by atoms with van der Waals surface area (Å²) in [4.78, 5) is 2.31. The van der Waals surface area contributed by atoms with Gasteiger partial charge < -0.3 is 4.90 Å². The molecule has 0 radical (unpaired) electrons. The normalized spacial score (nSPS) is 12.3. The fourth-order valence-corrected chi connectivity index (χ4v) is 14.4. The van der Waals surface area contributed by atoms with Crippen LogP contribution in [-0.2, 0) is 0 Å². The maximum Gasteiger partial charge on any atom is 0.179 e. The molecule has 0 bridgehead atoms. The van der Waals surface area contributed by atoms with Gasteiger partial charge in [-0.15, -0.1) is 0 Å². The first-order valence-corrected chi connectivity index (χ1v) is 23.4. The predicted octanol–water partition coefficient (Wildman–Crippen LogP) is 13.3. The molecule has 0 fully saturated rings. The molecule has 1 nitrogen and oxygen atoms in total. The Morgan fingerprint density at radius 1 is 0.210 bits per heavy atom. The van der Waals surface area contributed by atoms with Gasteiger partial charge in [0.25, 0.3) is 0 Å². The highest BCUT2D eigenvalue weighted by atomic mass is 28.3. The van der Waals surface area contributed by atoms with E-state index in [0.717, 1.165) is 17.1 Å². The Morgan fingerprint density at radius 2 is 0.516 bits per heavy atom. The SMILES string of the molecule is c1ccc(-c2ccc([Si](c3ccccc3)(c3ccc(-c4ccc(N(c5ccccc5)c5ccccc5)cc4)cc3)c3ccc4c5ccccc5c5ccccc5c4c3)cc2)cc1. The molecule has 0 saturated carbocycles. The van der Waals surface area contributed by atoms with E-state index >= 15 is 0 Å². The van der Waals surface area contributed by atoms with E-state index < -0.39 is 8.07 Å². The summed E-state index contributed by atoms with van der Waals surface area (Å²) in [5.41, 5.74) is 8.20. The Bertz CT molecular complexity index is 3220. The molecular weight excluding hydrogens is 763 g/mol. The van der Waals surface area contributed by atoms with Crippen molar-refractivity contribution in [1.82, 2.24) is 0 Å². The third-order valence-corrected chi connectivity index (χ3v) is 17.4. The van der Waals surface area contributed by atoms with Crippen LogP contribution in [0.3, 0.4) is 0 Å². The van der Waals surface area contributed by atoms with Crippen LogP contribution in [0.2, 0.25) is 0 Å². The third kappa shape index (κ3) is 6.50. The summed E-state index contributed by atoms with van der Waals surface area (Å²) >= 11 is 0. The first-order chi connectivity index (χ1) is 30.8. The Kier molecular flexibility index (Phi) is 9.61. The predicted molar refractivity (Wildman–Crippen MR) is 268 cm³/mol. The smallest absolute Gasteiger partial charge is 0.179 e. The van der Waals surface area contributed by atoms with Crippen molar-refractivity contribution in [1.29, 1.82) is 0 Å². The van der Waals surface area contributed by atoms with Gasteiger partial charge in [0.1, 0.15) is 0 Å². The summed E-state index contributed by atoms with van der Waals surface area (Å²) in [6.07, 6.45) is 0. The lowest BCUT2D eigenvalue weighted by atomic mass is 9.94. The van der Waals surface area contributed by atoms with Gasteiger partial charge in [0.15, 0.2) is 8.07 Å². The number of para-hydroxylation sites is 2. The summed E-state index contributed by atoms with van der Waals surface area (Å²) in [6.45, 7) is 0. The topological polar surface area (TPSA) is 3.24 Å². The fraction of sp³-hybridized carbons (Fsp3) is 0. The molecule has 1 atom stereocenters. The van der Waals surface area contributed by atoms with Gasteiger partial charge in [-0.2, -0.15) is 0 Å². The third-order valence-electron chi connectivity index (χ3n) is 12.6. The first-order valence-electron chi connectivity index (χ1n) is 21.4. The van der Waals surface area contributed by atoms with Crippen LogP contribution in [0.25, 0.3) is 54.6 Å². The maximum atomic E-state index is 2.53. The molecule has 62 heavy (non-hydrogen) atoms. The van der Waals surface area contributed by atoms with Gasteiger partial charge in [0.2, 0.25) is 0 Å². The van der Waals surface area contributed by atoms with E-state index in [-0.39, 0.29) is 0 Å². The zero-order chi connectivity index (χ0) is 41.3. The lowest BCUT2D eigenvalue weighted by molar-refractivity contribution is 1.28. The minimum atomic E-state index is -2.93. The van der Waals surface area contributed by atoms with Crippen molar-refractivity contribution in [2.75, 3.05) is 4.90 Å². The van der Waals surface area contributed by atoms with E-state index in [9.17, 15) is 0 Å². The Hall–Kier alpha value is -7.78. The number of benzene rings is 11. The Labute approximate surface area is 364 Å². The standard InChI is InChI=1S/C60H43NSi/c1-5-17-44(18-6-1)46-31-37-52(38-32-46)62(51-23-11-4-12-24-51,54-41-42-59-57-27-14-13-25-55(57)56-26-15-16-28-58(56)60(59)43-54)53-39-33-47(34-40-53)45-29-35-50(36-30-45)61(48-19-7-2-8-20-48)49-21-9-3-10-22-49/h1-43H. The zero-order valence-corrected chi connectivity index (χ0v) is 35.3. The van der Waals surface area contributed by atoms with Crippen molar-refractivity contribution < 1.29 is 0 Å². The highest BCUT2D eigenvalue weighted by Gasteiger charge is 2.41. The average molecular weight is 806 g/mol. The lowest BCUT2D eigenvalue weighted by Crippen LogP contribution is -2.74. The number of hydrogen-bond donors (Lipinski definition) is 0. The molecule has 0 heterocycles. The number of nitrogens with zero attached hydrogens (tertiary/aromatic N) is 1. The average Bonchev–Trinajstić information content (AvgIpc) is 3.36. The molecule has 1 unspecified atom stereocenters. The van der Waals surface area contributed by atoms with Crippen molar-refractivity contribution in [3.8, 4) is 22.3 Å². The quantitative estimate of drug-likeness (QED) is 0.0798. The van der Waals surface area contributed by atoms with Crippen molar-refractivity contribution >= 4 is 78.2 Å². The molecule has 0 amide bonds. The summed E-state index contributed by atoms with van der Waals surface area (Å²) in [5.74, 6) is 0. The van der Waals surface area contributed by atoms with Crippen LogP contribution in [-0.4, -0.2) is 8.07 Å². The molecule has 0 N–H and O–H groups in total. The second kappa shape index (κ2) is 16.0. The molecule has 292 valence electrons. The van der Waals surface area contributed by atoms with Gasteiger partial charge in [0.05, 0.1) is 0 Å². The van der Waals surface area contributed by atoms with Gasteiger partial charge in [-0.25, -0.2) is 0 Å². The Balaban J connectivity index is 1.09. The van der Waals surface area contributed by atoms with Crippen molar-refractivity contribution in [2.45, 2.75) is 0 Å². The minimum absolute atomic E-state index is 1.12. The summed E-state index contributed by atoms with van der Waals surface area (Å²) in [7, 11) is -2.93. The molecule has 0 saturated heterocycles. The number of rotatable bonds is 9. The summed E-state index contributed by atoms with van der Waals surface area (Å²) in [5, 5.41) is 13.2. The van der Waals surface area contributed by atoms with Crippen molar-refractivity contribution in [2.24, 2.45) is 0 Å². The van der Waals surface area contributed by atoms with Gasteiger partial charge in [-0.05, 0) is 112 Å². The number of fused-ring (bicyclic) bond motifs is 6. The second-order valence-electron chi connectivity index (χ2n) is 16.0. The molecule has 11 aromatic carbocycles. The Morgan fingerprint density at radius 3 is 0.984 bits per heavy atom. The summed E-state index contributed by atoms with van der Waals surface area (Å²) in [6, 6.07) is 96.3. The zero-order valence-electron chi connectivity index (χ0n) is 34.3. The van der Waals surface area contributed by atoms with Crippen LogP contribution in [0.4, 0.5) is 17.1 Å². The van der Waals surface area contributed by atoms with Crippen LogP contribution in [0.15, 0.2) is 261 Å². The van der Waals surface area contributed by atoms with E-state index in [1.807, 2.05) is 0 Å². The van der Waals surface area contributed by atoms with Crippen molar-refractivity contribution in [3.63, 3.8) is 0 Å². The number of hydrogen-bond acceptors (Lipinski definition) is 1. The van der Waals surface area contributed by atoms with Crippen molar-refractivity contribution in [3.05, 3.63) is 261 Å². The minimum Gasteiger partial charge on any atom is -0.311 e. The maximum absolute atomic E-state index is 2.93. The van der Waals surface area contributed by atoms with Gasteiger partial charge in [0, 0.05) is 17.1 Å². The van der Waals surface area contributed by atoms with E-state index in [1.165, 1.54) is 75.3 Å². The monoisotopic (exact) mass is 805 g/mol. The van der Waals surface area contributed by atoms with Gasteiger partial charge in [-0.1, -0.05) is 224 Å². The number of anilines is 3. The first kappa shape index (κ1) is 37.2. The van der Waals surface area contributed by atoms with E-state index in [0.29, 0.717) is 0 Å². The van der Waals surface area contributed by atoms with E-state index in [4.69, 9.17) is 0 Å². The molecule has 11 aromatic rings. The molecule has 2 heteroatoms. The highest BCUT2D eigenvalue weighted by molar-refractivity contribution is 7.20. The van der Waals surface area contributed by atoms with E-state index in [2.05, 4.69) is 266 Å². The van der Waals surface area contributed by atoms with Crippen LogP contribution < -0.4 is 25.6 Å².